The van der Waals surface area contributed by atoms with E-state index in [-0.39, 0.29) is 4.90 Å². The van der Waals surface area contributed by atoms with Crippen LogP contribution in [0.15, 0.2) is 59.6 Å². The van der Waals surface area contributed by atoms with Crippen molar-refractivity contribution in [3.63, 3.8) is 0 Å². The largest absolute Gasteiger partial charge is 0.303 e. The zero-order chi connectivity index (χ0) is 16.4. The summed E-state index contributed by atoms with van der Waals surface area (Å²) in [4.78, 5) is 10.9. The maximum Gasteiger partial charge on any atom is 0.268 e. The Bertz CT molecular complexity index is 954. The van der Waals surface area contributed by atoms with E-state index in [9.17, 15) is 13.2 Å². The van der Waals surface area contributed by atoms with Gasteiger partial charge in [0.15, 0.2) is 0 Å². The van der Waals surface area contributed by atoms with Gasteiger partial charge in [-0.3, -0.25) is 0 Å². The third-order valence-corrected chi connectivity index (χ3v) is 5.56. The molecule has 4 nitrogen and oxygen atoms in total. The minimum absolute atomic E-state index is 0.255. The fourth-order valence-electron chi connectivity index (χ4n) is 2.65. The van der Waals surface area contributed by atoms with Gasteiger partial charge in [0.1, 0.15) is 6.29 Å². The Morgan fingerprint density at radius 2 is 1.74 bits per heavy atom. The number of carbonyl (C=O) groups is 1. The van der Waals surface area contributed by atoms with Crippen LogP contribution in [0.4, 0.5) is 0 Å². The van der Waals surface area contributed by atoms with Crippen LogP contribution in [0, 0.1) is 6.92 Å². The highest BCUT2D eigenvalue weighted by atomic mass is 32.2. The molecule has 0 saturated heterocycles. The quantitative estimate of drug-likeness (QED) is 0.676. The number of carbonyl (C=O) groups excluding carboxylic acids is 1. The molecule has 0 atom stereocenters. The lowest BCUT2D eigenvalue weighted by Crippen LogP contribution is -2.11. The average Bonchev–Trinajstić information content (AvgIpc) is 2.93. The zero-order valence-corrected chi connectivity index (χ0v) is 13.6. The van der Waals surface area contributed by atoms with Gasteiger partial charge in [-0.05, 0) is 37.1 Å². The Morgan fingerprint density at radius 3 is 2.43 bits per heavy atom. The molecule has 2 aromatic carbocycles. The third kappa shape index (κ3) is 2.80. The topological polar surface area (TPSA) is 56.1 Å². The van der Waals surface area contributed by atoms with Gasteiger partial charge in [0.2, 0.25) is 0 Å². The molecule has 0 aliphatic carbocycles. The van der Waals surface area contributed by atoms with Crippen LogP contribution in [0.25, 0.3) is 10.9 Å². The number of benzene rings is 2. The second-order valence-corrected chi connectivity index (χ2v) is 7.31. The molecule has 3 rings (SSSR count). The van der Waals surface area contributed by atoms with Crippen LogP contribution in [-0.2, 0) is 21.2 Å². The van der Waals surface area contributed by atoms with Crippen LogP contribution in [0.2, 0.25) is 0 Å². The molecule has 0 saturated carbocycles. The molecule has 118 valence electrons. The standard InChI is InChI=1S/C18H17NO3S/c1-14-8-10-16(11-9-14)23(21,22)19-13-15(5-4-12-20)17-6-2-3-7-18(17)19/h2-3,6-13H,4-5H2,1H3. The third-order valence-electron chi connectivity index (χ3n) is 3.87. The van der Waals surface area contributed by atoms with E-state index in [2.05, 4.69) is 0 Å². The van der Waals surface area contributed by atoms with E-state index in [0.717, 1.165) is 22.8 Å². The van der Waals surface area contributed by atoms with Gasteiger partial charge in [-0.25, -0.2) is 12.4 Å². The van der Waals surface area contributed by atoms with Crippen molar-refractivity contribution in [3.8, 4) is 0 Å². The number of nitrogens with zero attached hydrogens (tertiary/aromatic N) is 1. The van der Waals surface area contributed by atoms with Gasteiger partial charge in [-0.1, -0.05) is 35.9 Å². The Morgan fingerprint density at radius 1 is 1.04 bits per heavy atom. The summed E-state index contributed by atoms with van der Waals surface area (Å²) in [7, 11) is -3.66. The number of aryl methyl sites for hydroxylation is 2. The lowest BCUT2D eigenvalue weighted by molar-refractivity contribution is -0.107. The monoisotopic (exact) mass is 327 g/mol. The maximum absolute atomic E-state index is 12.9. The first-order chi connectivity index (χ1) is 11.0. The lowest BCUT2D eigenvalue weighted by atomic mass is 10.1. The van der Waals surface area contributed by atoms with Crippen LogP contribution in [0.1, 0.15) is 17.5 Å². The smallest absolute Gasteiger partial charge is 0.268 e. The Balaban J connectivity index is 2.19. The maximum atomic E-state index is 12.9. The fourth-order valence-corrected chi connectivity index (χ4v) is 4.05. The van der Waals surface area contributed by atoms with Gasteiger partial charge in [-0.15, -0.1) is 0 Å². The van der Waals surface area contributed by atoms with Crippen molar-refractivity contribution in [2.24, 2.45) is 0 Å². The summed E-state index contributed by atoms with van der Waals surface area (Å²) in [6.45, 7) is 1.92. The summed E-state index contributed by atoms with van der Waals surface area (Å²) in [5.74, 6) is 0. The average molecular weight is 327 g/mol. The first-order valence-electron chi connectivity index (χ1n) is 7.39. The predicted octanol–water partition coefficient (Wildman–Crippen LogP) is 3.32. The number of aromatic nitrogens is 1. The molecule has 0 spiro atoms. The highest BCUT2D eigenvalue weighted by Gasteiger charge is 2.20. The summed E-state index contributed by atoms with van der Waals surface area (Å²) in [6, 6.07) is 14.2. The highest BCUT2D eigenvalue weighted by Crippen LogP contribution is 2.26. The minimum Gasteiger partial charge on any atom is -0.303 e. The van der Waals surface area contributed by atoms with Crippen LogP contribution < -0.4 is 0 Å². The van der Waals surface area contributed by atoms with Crippen molar-refractivity contribution in [3.05, 3.63) is 65.9 Å². The summed E-state index contributed by atoms with van der Waals surface area (Å²) in [5.41, 5.74) is 2.50. The van der Waals surface area contributed by atoms with Crippen molar-refractivity contribution < 1.29 is 13.2 Å². The molecule has 0 aliphatic heterocycles. The lowest BCUT2D eigenvalue weighted by Gasteiger charge is -2.07. The fraction of sp³-hybridized carbons (Fsp3) is 0.167. The normalized spacial score (nSPS) is 11.7. The number of aldehydes is 1. The summed E-state index contributed by atoms with van der Waals surface area (Å²) >= 11 is 0. The Kier molecular flexibility index (Phi) is 4.05. The highest BCUT2D eigenvalue weighted by molar-refractivity contribution is 7.90. The first-order valence-corrected chi connectivity index (χ1v) is 8.83. The molecule has 1 heterocycles. The van der Waals surface area contributed by atoms with Gasteiger partial charge in [0.25, 0.3) is 10.0 Å². The van der Waals surface area contributed by atoms with Gasteiger partial charge in [-0.2, -0.15) is 0 Å². The second kappa shape index (κ2) is 6.01. The molecule has 0 bridgehead atoms. The number of rotatable bonds is 5. The van der Waals surface area contributed by atoms with Gasteiger partial charge >= 0.3 is 0 Å². The molecular weight excluding hydrogens is 310 g/mol. The molecule has 0 radical (unpaired) electrons. The van der Waals surface area contributed by atoms with E-state index < -0.39 is 10.0 Å². The van der Waals surface area contributed by atoms with Crippen molar-refractivity contribution in [2.75, 3.05) is 0 Å². The van der Waals surface area contributed by atoms with Crippen molar-refractivity contribution in [1.82, 2.24) is 3.97 Å². The SMILES string of the molecule is Cc1ccc(S(=O)(=O)n2cc(CCC=O)c3ccccc32)cc1. The zero-order valence-electron chi connectivity index (χ0n) is 12.8. The van der Waals surface area contributed by atoms with E-state index in [1.54, 1.807) is 36.5 Å². The first kappa shape index (κ1) is 15.5. The Hall–Kier alpha value is -2.40. The summed E-state index contributed by atoms with van der Waals surface area (Å²) in [6.07, 6.45) is 3.38. The molecule has 0 aliphatic rings. The molecular formula is C18H17NO3S. The van der Waals surface area contributed by atoms with Crippen molar-refractivity contribution >= 4 is 27.2 Å². The van der Waals surface area contributed by atoms with Crippen molar-refractivity contribution in [1.29, 1.82) is 0 Å². The van der Waals surface area contributed by atoms with Crippen LogP contribution in [-0.4, -0.2) is 18.7 Å². The predicted molar refractivity (Wildman–Crippen MR) is 90.1 cm³/mol. The number of para-hydroxylation sites is 1. The molecule has 5 heteroatoms. The number of fused-ring (bicyclic) bond motifs is 1. The van der Waals surface area contributed by atoms with Crippen LogP contribution in [0.5, 0.6) is 0 Å². The molecule has 3 aromatic rings. The van der Waals surface area contributed by atoms with Crippen LogP contribution >= 0.6 is 0 Å². The van der Waals surface area contributed by atoms with E-state index in [4.69, 9.17) is 0 Å². The van der Waals surface area contributed by atoms with Gasteiger partial charge in [0, 0.05) is 18.0 Å². The summed E-state index contributed by atoms with van der Waals surface area (Å²) < 4.78 is 27.2. The molecule has 0 amide bonds. The van der Waals surface area contributed by atoms with E-state index >= 15 is 0 Å². The number of hydrogen-bond acceptors (Lipinski definition) is 3. The Labute approximate surface area is 135 Å². The molecule has 0 N–H and O–H groups in total. The van der Waals surface area contributed by atoms with Crippen molar-refractivity contribution in [2.45, 2.75) is 24.7 Å². The molecule has 1 aromatic heterocycles. The minimum atomic E-state index is -3.66. The second-order valence-electron chi connectivity index (χ2n) is 5.49. The van der Waals surface area contributed by atoms with E-state index in [1.807, 2.05) is 25.1 Å². The molecule has 23 heavy (non-hydrogen) atoms. The number of hydrogen-bond donors (Lipinski definition) is 0. The van der Waals surface area contributed by atoms with Gasteiger partial charge in [0.05, 0.1) is 10.4 Å². The van der Waals surface area contributed by atoms with E-state index in [1.165, 1.54) is 3.97 Å². The summed E-state index contributed by atoms with van der Waals surface area (Å²) in [5, 5.41) is 0.866. The van der Waals surface area contributed by atoms with Gasteiger partial charge < -0.3 is 4.79 Å². The van der Waals surface area contributed by atoms with Crippen LogP contribution in [0.3, 0.4) is 0 Å². The van der Waals surface area contributed by atoms with E-state index in [0.29, 0.717) is 18.4 Å². The molecule has 0 fully saturated rings. The molecule has 0 unspecified atom stereocenters.